The average molecular weight is 436 g/mol. The third kappa shape index (κ3) is 4.03. The fourth-order valence-electron chi connectivity index (χ4n) is 4.30. The van der Waals surface area contributed by atoms with Gasteiger partial charge in [-0.25, -0.2) is 4.79 Å². The van der Waals surface area contributed by atoms with E-state index >= 15 is 0 Å². The molecular weight excluding hydrogens is 412 g/mol. The first-order chi connectivity index (χ1) is 15.6. The Bertz CT molecular complexity index is 1040. The van der Waals surface area contributed by atoms with E-state index < -0.39 is 11.9 Å². The van der Waals surface area contributed by atoms with Gasteiger partial charge in [0.25, 0.3) is 0 Å². The van der Waals surface area contributed by atoms with E-state index in [0.717, 1.165) is 41.6 Å². The van der Waals surface area contributed by atoms with Gasteiger partial charge in [-0.3, -0.25) is 19.4 Å². The number of carbonyl (C=O) groups is 3. The number of hydrogen-bond acceptors (Lipinski definition) is 6. The molecule has 3 heterocycles. The molecule has 32 heavy (non-hydrogen) atoms. The number of carbonyl (C=O) groups excluding carboxylic acids is 3. The van der Waals surface area contributed by atoms with Gasteiger partial charge in [-0.05, 0) is 23.8 Å². The number of nitrogens with zero attached hydrogens (tertiary/aromatic N) is 4. The maximum Gasteiger partial charge on any atom is 0.350 e. The van der Waals surface area contributed by atoms with Crippen molar-refractivity contribution in [3.8, 4) is 11.5 Å². The Kier molecular flexibility index (Phi) is 5.48. The Labute approximate surface area is 185 Å². The first kappa shape index (κ1) is 20.4. The molecule has 166 valence electrons. The van der Waals surface area contributed by atoms with Crippen LogP contribution in [-0.2, 0) is 16.1 Å². The number of fused-ring (bicyclic) bond motifs is 2. The molecule has 1 atom stereocenters. The van der Waals surface area contributed by atoms with Crippen LogP contribution in [0.3, 0.4) is 0 Å². The standard InChI is InChI=1S/C23H24N4O5/c28-21(7-8-27-22(29)17-3-1-2-4-18(17)24-23(27)30)26-11-9-25(10-12-26)14-16-5-6-19-20(13-16)32-15-31-19/h1-6,13,17H,7-12,14-15H2. The van der Waals surface area contributed by atoms with Crippen LogP contribution in [0.25, 0.3) is 0 Å². The highest BCUT2D eigenvalue weighted by Crippen LogP contribution is 2.32. The maximum absolute atomic E-state index is 12.7. The number of urea groups is 1. The molecule has 1 aromatic carbocycles. The van der Waals surface area contributed by atoms with E-state index in [0.29, 0.717) is 18.8 Å². The van der Waals surface area contributed by atoms with E-state index in [1.807, 2.05) is 18.2 Å². The number of amides is 4. The van der Waals surface area contributed by atoms with E-state index in [-0.39, 0.29) is 31.6 Å². The van der Waals surface area contributed by atoms with E-state index in [4.69, 9.17) is 9.47 Å². The predicted molar refractivity (Wildman–Crippen MR) is 115 cm³/mol. The topological polar surface area (TPSA) is 91.8 Å². The lowest BCUT2D eigenvalue weighted by Crippen LogP contribution is -2.50. The minimum absolute atomic E-state index is 0.0535. The Morgan fingerprint density at radius 1 is 1.06 bits per heavy atom. The molecule has 1 unspecified atom stereocenters. The van der Waals surface area contributed by atoms with Crippen LogP contribution in [0.2, 0.25) is 0 Å². The van der Waals surface area contributed by atoms with Gasteiger partial charge in [0.05, 0.1) is 11.6 Å². The zero-order valence-corrected chi connectivity index (χ0v) is 17.6. The third-order valence-corrected chi connectivity index (χ3v) is 6.11. The Hall–Kier alpha value is -3.46. The summed E-state index contributed by atoms with van der Waals surface area (Å²) in [6.45, 7) is 3.84. The lowest BCUT2D eigenvalue weighted by atomic mass is 9.95. The van der Waals surface area contributed by atoms with Crippen molar-refractivity contribution < 1.29 is 23.9 Å². The van der Waals surface area contributed by atoms with Crippen molar-refractivity contribution in [2.45, 2.75) is 13.0 Å². The summed E-state index contributed by atoms with van der Waals surface area (Å²) in [6.07, 6.45) is 7.02. The van der Waals surface area contributed by atoms with Gasteiger partial charge in [0.2, 0.25) is 18.6 Å². The van der Waals surface area contributed by atoms with Gasteiger partial charge in [-0.2, -0.15) is 4.99 Å². The highest BCUT2D eigenvalue weighted by atomic mass is 16.7. The molecule has 9 nitrogen and oxygen atoms in total. The summed E-state index contributed by atoms with van der Waals surface area (Å²) >= 11 is 0. The average Bonchev–Trinajstić information content (AvgIpc) is 3.27. The molecule has 1 aliphatic carbocycles. The quantitative estimate of drug-likeness (QED) is 0.696. The normalized spacial score (nSPS) is 22.2. The summed E-state index contributed by atoms with van der Waals surface area (Å²) in [6, 6.07) is 5.36. The fourth-order valence-corrected chi connectivity index (χ4v) is 4.30. The largest absolute Gasteiger partial charge is 0.454 e. The molecule has 0 N–H and O–H groups in total. The van der Waals surface area contributed by atoms with Gasteiger partial charge in [0.15, 0.2) is 11.5 Å². The number of rotatable bonds is 5. The molecule has 0 spiro atoms. The van der Waals surface area contributed by atoms with Crippen LogP contribution in [0.5, 0.6) is 11.5 Å². The smallest absolute Gasteiger partial charge is 0.350 e. The zero-order chi connectivity index (χ0) is 22.1. The first-order valence-electron chi connectivity index (χ1n) is 10.8. The number of allylic oxidation sites excluding steroid dienone is 3. The summed E-state index contributed by atoms with van der Waals surface area (Å²) < 4.78 is 10.8. The summed E-state index contributed by atoms with van der Waals surface area (Å²) in [5.74, 6) is 0.638. The van der Waals surface area contributed by atoms with Crippen molar-refractivity contribution in [3.05, 3.63) is 48.1 Å². The third-order valence-electron chi connectivity index (χ3n) is 6.11. The van der Waals surface area contributed by atoms with E-state index in [9.17, 15) is 14.4 Å². The first-order valence-corrected chi connectivity index (χ1v) is 10.8. The van der Waals surface area contributed by atoms with Gasteiger partial charge in [-0.15, -0.1) is 0 Å². The van der Waals surface area contributed by atoms with Gasteiger partial charge in [-0.1, -0.05) is 24.3 Å². The Morgan fingerprint density at radius 3 is 2.72 bits per heavy atom. The highest BCUT2D eigenvalue weighted by Gasteiger charge is 2.36. The van der Waals surface area contributed by atoms with Crippen molar-refractivity contribution in [1.29, 1.82) is 0 Å². The van der Waals surface area contributed by atoms with Crippen LogP contribution in [-0.4, -0.2) is 77.8 Å². The van der Waals surface area contributed by atoms with Crippen LogP contribution in [0.4, 0.5) is 4.79 Å². The lowest BCUT2D eigenvalue weighted by molar-refractivity contribution is -0.134. The summed E-state index contributed by atoms with van der Waals surface area (Å²) in [4.78, 5) is 46.8. The van der Waals surface area contributed by atoms with E-state index in [1.165, 1.54) is 0 Å². The van der Waals surface area contributed by atoms with Gasteiger partial charge in [0.1, 0.15) is 0 Å². The number of piperazine rings is 1. The van der Waals surface area contributed by atoms with Crippen molar-refractivity contribution in [2.75, 3.05) is 39.5 Å². The molecule has 0 aromatic heterocycles. The molecule has 5 rings (SSSR count). The minimum atomic E-state index is -0.595. The van der Waals surface area contributed by atoms with Crippen molar-refractivity contribution >= 4 is 23.6 Å². The monoisotopic (exact) mass is 436 g/mol. The van der Waals surface area contributed by atoms with Crippen LogP contribution in [0.15, 0.2) is 47.5 Å². The minimum Gasteiger partial charge on any atom is -0.454 e. The zero-order valence-electron chi connectivity index (χ0n) is 17.6. The number of imide groups is 1. The molecule has 1 fully saturated rings. The molecule has 3 aliphatic heterocycles. The second-order valence-corrected chi connectivity index (χ2v) is 8.13. The summed E-state index contributed by atoms with van der Waals surface area (Å²) in [5, 5.41) is 0. The molecule has 1 aromatic rings. The van der Waals surface area contributed by atoms with Gasteiger partial charge < -0.3 is 14.4 Å². The van der Waals surface area contributed by atoms with Crippen LogP contribution in [0.1, 0.15) is 12.0 Å². The molecule has 1 saturated heterocycles. The molecule has 0 radical (unpaired) electrons. The van der Waals surface area contributed by atoms with Crippen LogP contribution < -0.4 is 9.47 Å². The Morgan fingerprint density at radius 2 is 1.88 bits per heavy atom. The number of aliphatic imine (C=N–C) groups is 1. The number of ether oxygens (including phenoxy) is 2. The number of hydrogen-bond donors (Lipinski definition) is 0. The van der Waals surface area contributed by atoms with E-state index in [1.54, 1.807) is 29.2 Å². The van der Waals surface area contributed by atoms with Crippen molar-refractivity contribution in [1.82, 2.24) is 14.7 Å². The molecule has 0 bridgehead atoms. The fraction of sp³-hybridized carbons (Fsp3) is 0.391. The highest BCUT2D eigenvalue weighted by molar-refractivity contribution is 6.21. The van der Waals surface area contributed by atoms with Crippen molar-refractivity contribution in [3.63, 3.8) is 0 Å². The molecule has 9 heteroatoms. The maximum atomic E-state index is 12.7. The second-order valence-electron chi connectivity index (χ2n) is 8.13. The van der Waals surface area contributed by atoms with E-state index in [2.05, 4.69) is 9.89 Å². The Balaban J connectivity index is 1.11. The van der Waals surface area contributed by atoms with Crippen LogP contribution >= 0.6 is 0 Å². The van der Waals surface area contributed by atoms with Gasteiger partial charge in [0, 0.05) is 45.7 Å². The van der Waals surface area contributed by atoms with Gasteiger partial charge >= 0.3 is 6.03 Å². The SMILES string of the molecule is O=C(CCN1C(=O)N=C2C=CC=CC2C1=O)N1CCN(Cc2ccc3c(c2)OCO3)CC1. The lowest BCUT2D eigenvalue weighted by Gasteiger charge is -2.35. The van der Waals surface area contributed by atoms with Crippen molar-refractivity contribution in [2.24, 2.45) is 10.9 Å². The number of benzene rings is 1. The molecular formula is C23H24N4O5. The summed E-state index contributed by atoms with van der Waals surface area (Å²) in [7, 11) is 0. The summed E-state index contributed by atoms with van der Waals surface area (Å²) in [5.41, 5.74) is 1.60. The van der Waals surface area contributed by atoms with Crippen LogP contribution in [0, 0.1) is 5.92 Å². The molecule has 0 saturated carbocycles. The molecule has 4 aliphatic rings. The second kappa shape index (κ2) is 8.58. The molecule has 4 amide bonds. The predicted octanol–water partition coefficient (Wildman–Crippen LogP) is 1.59.